The molecule has 0 bridgehead atoms. The molecule has 2 nitrogen and oxygen atoms in total. The molecule has 0 amide bonds. The third kappa shape index (κ3) is 3.46. The zero-order valence-electron chi connectivity index (χ0n) is 11.8. The number of aliphatic hydroxyl groups excluding tert-OH is 1. The number of benzene rings is 2. The smallest absolute Gasteiger partial charge is 0.0967 e. The van der Waals surface area contributed by atoms with Gasteiger partial charge in [0.25, 0.3) is 0 Å². The standard InChI is InChI=1S/C17H17NOS2/c1-2-20-13-9-7-12(8-10-13)15(19)11-17-18-14-5-3-4-6-16(14)21-17/h3-10,15,19H,2,11H2,1H3. The molecule has 3 rings (SSSR count). The van der Waals surface area contributed by atoms with Crippen molar-refractivity contribution in [2.75, 3.05) is 5.75 Å². The largest absolute Gasteiger partial charge is 0.388 e. The lowest BCUT2D eigenvalue weighted by molar-refractivity contribution is 0.178. The minimum Gasteiger partial charge on any atom is -0.388 e. The van der Waals surface area contributed by atoms with Crippen molar-refractivity contribution >= 4 is 33.3 Å². The Morgan fingerprint density at radius 2 is 1.90 bits per heavy atom. The van der Waals surface area contributed by atoms with Crippen LogP contribution in [0.2, 0.25) is 0 Å². The first-order valence-electron chi connectivity index (χ1n) is 7.01. The lowest BCUT2D eigenvalue weighted by Crippen LogP contribution is -2.01. The number of rotatable bonds is 5. The molecule has 1 atom stereocenters. The summed E-state index contributed by atoms with van der Waals surface area (Å²) in [4.78, 5) is 5.82. The van der Waals surface area contributed by atoms with Gasteiger partial charge >= 0.3 is 0 Å². The first-order chi connectivity index (χ1) is 10.3. The molecule has 1 heterocycles. The normalized spacial score (nSPS) is 12.7. The maximum absolute atomic E-state index is 10.4. The summed E-state index contributed by atoms with van der Waals surface area (Å²) in [6, 6.07) is 16.3. The predicted octanol–water partition coefficient (Wildman–Crippen LogP) is 4.68. The fourth-order valence-corrected chi connectivity index (χ4v) is 3.91. The van der Waals surface area contributed by atoms with Crippen molar-refractivity contribution in [1.82, 2.24) is 4.98 Å². The molecule has 0 aliphatic rings. The minimum atomic E-state index is -0.494. The van der Waals surface area contributed by atoms with Gasteiger partial charge in [0, 0.05) is 11.3 Å². The molecular formula is C17H17NOS2. The van der Waals surface area contributed by atoms with Crippen LogP contribution in [0.4, 0.5) is 0 Å². The van der Waals surface area contributed by atoms with E-state index in [1.54, 1.807) is 11.3 Å². The van der Waals surface area contributed by atoms with E-state index in [1.165, 1.54) is 9.60 Å². The number of thioether (sulfide) groups is 1. The van der Waals surface area contributed by atoms with Crippen molar-refractivity contribution in [3.63, 3.8) is 0 Å². The number of aliphatic hydroxyl groups is 1. The molecule has 0 fully saturated rings. The van der Waals surface area contributed by atoms with Gasteiger partial charge in [0.2, 0.25) is 0 Å². The van der Waals surface area contributed by atoms with Crippen LogP contribution >= 0.6 is 23.1 Å². The first kappa shape index (κ1) is 14.6. The summed E-state index contributed by atoms with van der Waals surface area (Å²) in [6.45, 7) is 2.14. The predicted molar refractivity (Wildman–Crippen MR) is 91.1 cm³/mol. The molecule has 108 valence electrons. The first-order valence-corrected chi connectivity index (χ1v) is 8.81. The summed E-state index contributed by atoms with van der Waals surface area (Å²) in [7, 11) is 0. The number of aromatic nitrogens is 1. The van der Waals surface area contributed by atoms with Gasteiger partial charge < -0.3 is 5.11 Å². The van der Waals surface area contributed by atoms with E-state index in [2.05, 4.69) is 30.1 Å². The Kier molecular flexibility index (Phi) is 4.58. The van der Waals surface area contributed by atoms with Gasteiger partial charge in [-0.2, -0.15) is 0 Å². The molecule has 3 aromatic rings. The van der Waals surface area contributed by atoms with E-state index in [0.717, 1.165) is 21.8 Å². The summed E-state index contributed by atoms with van der Waals surface area (Å²) in [5, 5.41) is 11.4. The zero-order valence-corrected chi connectivity index (χ0v) is 13.5. The Morgan fingerprint density at radius 3 is 2.62 bits per heavy atom. The third-order valence-electron chi connectivity index (χ3n) is 3.28. The minimum absolute atomic E-state index is 0.494. The summed E-state index contributed by atoms with van der Waals surface area (Å²) >= 11 is 3.47. The molecule has 0 spiro atoms. The van der Waals surface area contributed by atoms with Gasteiger partial charge in [-0.05, 0) is 35.6 Å². The van der Waals surface area contributed by atoms with Crippen LogP contribution in [-0.2, 0) is 6.42 Å². The summed E-state index contributed by atoms with van der Waals surface area (Å²) in [5.74, 6) is 1.06. The van der Waals surface area contributed by atoms with Crippen molar-refractivity contribution in [1.29, 1.82) is 0 Å². The van der Waals surface area contributed by atoms with Gasteiger partial charge in [-0.15, -0.1) is 23.1 Å². The van der Waals surface area contributed by atoms with Gasteiger partial charge in [0.05, 0.1) is 21.3 Å². The highest BCUT2D eigenvalue weighted by atomic mass is 32.2. The fraction of sp³-hybridized carbons (Fsp3) is 0.235. The molecule has 0 saturated heterocycles. The van der Waals surface area contributed by atoms with Gasteiger partial charge in [-0.3, -0.25) is 0 Å². The van der Waals surface area contributed by atoms with E-state index in [1.807, 2.05) is 42.1 Å². The second kappa shape index (κ2) is 6.60. The highest BCUT2D eigenvalue weighted by molar-refractivity contribution is 7.99. The fourth-order valence-electron chi connectivity index (χ4n) is 2.24. The number of nitrogens with zero attached hydrogens (tertiary/aromatic N) is 1. The molecule has 21 heavy (non-hydrogen) atoms. The monoisotopic (exact) mass is 315 g/mol. The van der Waals surface area contributed by atoms with Crippen LogP contribution in [0.5, 0.6) is 0 Å². The molecule has 0 radical (unpaired) electrons. The van der Waals surface area contributed by atoms with Crippen LogP contribution in [-0.4, -0.2) is 15.8 Å². The highest BCUT2D eigenvalue weighted by Gasteiger charge is 2.12. The van der Waals surface area contributed by atoms with Crippen LogP contribution in [0.3, 0.4) is 0 Å². The number of hydrogen-bond acceptors (Lipinski definition) is 4. The topological polar surface area (TPSA) is 33.1 Å². The highest BCUT2D eigenvalue weighted by Crippen LogP contribution is 2.27. The molecule has 0 aliphatic carbocycles. The van der Waals surface area contributed by atoms with Crippen molar-refractivity contribution in [3.8, 4) is 0 Å². The number of fused-ring (bicyclic) bond motifs is 1. The van der Waals surface area contributed by atoms with E-state index in [0.29, 0.717) is 6.42 Å². The Balaban J connectivity index is 1.74. The zero-order chi connectivity index (χ0) is 14.7. The van der Waals surface area contributed by atoms with Crippen molar-refractivity contribution in [3.05, 3.63) is 59.1 Å². The van der Waals surface area contributed by atoms with Crippen LogP contribution in [0.15, 0.2) is 53.4 Å². The molecule has 1 unspecified atom stereocenters. The summed E-state index contributed by atoms with van der Waals surface area (Å²) in [5.41, 5.74) is 1.97. The van der Waals surface area contributed by atoms with Gasteiger partial charge in [0.1, 0.15) is 0 Å². The molecule has 1 aromatic heterocycles. The van der Waals surface area contributed by atoms with Gasteiger partial charge in [0.15, 0.2) is 0 Å². The Morgan fingerprint density at radius 1 is 1.14 bits per heavy atom. The van der Waals surface area contributed by atoms with Crippen molar-refractivity contribution < 1.29 is 5.11 Å². The quantitative estimate of drug-likeness (QED) is 0.694. The van der Waals surface area contributed by atoms with Crippen LogP contribution in [0, 0.1) is 0 Å². The number of thiazole rings is 1. The molecule has 1 N–H and O–H groups in total. The lowest BCUT2D eigenvalue weighted by atomic mass is 10.1. The van der Waals surface area contributed by atoms with E-state index in [-0.39, 0.29) is 0 Å². The molecular weight excluding hydrogens is 298 g/mol. The van der Waals surface area contributed by atoms with Crippen molar-refractivity contribution in [2.24, 2.45) is 0 Å². The van der Waals surface area contributed by atoms with Gasteiger partial charge in [-0.1, -0.05) is 31.2 Å². The van der Waals surface area contributed by atoms with E-state index in [9.17, 15) is 5.11 Å². The lowest BCUT2D eigenvalue weighted by Gasteiger charge is -2.09. The molecule has 4 heteroatoms. The number of hydrogen-bond donors (Lipinski definition) is 1. The summed E-state index contributed by atoms with van der Waals surface area (Å²) in [6.07, 6.45) is 0.0748. The van der Waals surface area contributed by atoms with Gasteiger partial charge in [-0.25, -0.2) is 4.98 Å². The van der Waals surface area contributed by atoms with Crippen LogP contribution in [0.25, 0.3) is 10.2 Å². The van der Waals surface area contributed by atoms with Crippen LogP contribution < -0.4 is 0 Å². The second-order valence-electron chi connectivity index (χ2n) is 4.80. The van der Waals surface area contributed by atoms with E-state index >= 15 is 0 Å². The maximum atomic E-state index is 10.4. The summed E-state index contributed by atoms with van der Waals surface area (Å²) < 4.78 is 1.18. The Labute approximate surface area is 132 Å². The average Bonchev–Trinajstić information content (AvgIpc) is 2.90. The number of para-hydroxylation sites is 1. The third-order valence-corrected chi connectivity index (χ3v) is 5.23. The Hall–Kier alpha value is -1.36. The molecule has 0 saturated carbocycles. The second-order valence-corrected chi connectivity index (χ2v) is 7.25. The SMILES string of the molecule is CCSc1ccc(C(O)Cc2nc3ccccc3s2)cc1. The molecule has 2 aromatic carbocycles. The molecule has 0 aliphatic heterocycles. The van der Waals surface area contributed by atoms with Crippen molar-refractivity contribution in [2.45, 2.75) is 24.3 Å². The van der Waals surface area contributed by atoms with E-state index < -0.39 is 6.10 Å². The van der Waals surface area contributed by atoms with Crippen LogP contribution in [0.1, 0.15) is 23.6 Å². The Bertz CT molecular complexity index is 688. The van der Waals surface area contributed by atoms with E-state index in [4.69, 9.17) is 0 Å². The maximum Gasteiger partial charge on any atom is 0.0967 e. The average molecular weight is 315 g/mol.